The molecule has 1 aromatic carbocycles. The van der Waals surface area contributed by atoms with E-state index in [0.717, 1.165) is 6.07 Å². The highest BCUT2D eigenvalue weighted by atomic mass is 35.5. The van der Waals surface area contributed by atoms with Crippen molar-refractivity contribution in [1.29, 1.82) is 0 Å². The number of benzene rings is 1. The van der Waals surface area contributed by atoms with Crippen molar-refractivity contribution in [2.45, 2.75) is 31.0 Å². The van der Waals surface area contributed by atoms with Gasteiger partial charge in [0.2, 0.25) is 10.0 Å². The Morgan fingerprint density at radius 3 is 2.38 bits per heavy atom. The maximum absolute atomic E-state index is 12.5. The Balaban J connectivity index is 3.19. The Labute approximate surface area is 126 Å². The SMILES string of the molecule is CCCN(CC(F)(F)F)S(=O)(=O)c1ccc(CN)c(Cl)c1. The van der Waals surface area contributed by atoms with Crippen molar-refractivity contribution >= 4 is 21.6 Å². The second-order valence-electron chi connectivity index (χ2n) is 4.41. The maximum Gasteiger partial charge on any atom is 0.402 e. The van der Waals surface area contributed by atoms with Gasteiger partial charge in [0.25, 0.3) is 0 Å². The summed E-state index contributed by atoms with van der Waals surface area (Å²) in [5.41, 5.74) is 5.93. The summed E-state index contributed by atoms with van der Waals surface area (Å²) in [5, 5.41) is 0.113. The van der Waals surface area contributed by atoms with E-state index in [4.69, 9.17) is 17.3 Å². The van der Waals surface area contributed by atoms with Crippen molar-refractivity contribution in [3.63, 3.8) is 0 Å². The molecule has 0 unspecified atom stereocenters. The molecular weight excluding hydrogens is 329 g/mol. The van der Waals surface area contributed by atoms with Crippen LogP contribution in [-0.4, -0.2) is 32.0 Å². The maximum atomic E-state index is 12.5. The number of sulfonamides is 1. The molecule has 0 radical (unpaired) electrons. The molecular formula is C12H16ClF3N2O2S. The summed E-state index contributed by atoms with van der Waals surface area (Å²) in [6, 6.07) is 3.73. The minimum Gasteiger partial charge on any atom is -0.326 e. The zero-order chi connectivity index (χ0) is 16.3. The largest absolute Gasteiger partial charge is 0.402 e. The molecule has 0 aromatic heterocycles. The lowest BCUT2D eigenvalue weighted by molar-refractivity contribution is -0.136. The first-order chi connectivity index (χ1) is 9.61. The molecule has 1 rings (SSSR count). The molecule has 0 saturated carbocycles. The van der Waals surface area contributed by atoms with E-state index in [-0.39, 0.29) is 29.4 Å². The van der Waals surface area contributed by atoms with Gasteiger partial charge in [-0.3, -0.25) is 0 Å². The van der Waals surface area contributed by atoms with E-state index in [1.54, 1.807) is 6.92 Å². The molecule has 0 aliphatic rings. The first kappa shape index (κ1) is 18.2. The van der Waals surface area contributed by atoms with Crippen LogP contribution in [0.5, 0.6) is 0 Å². The lowest BCUT2D eigenvalue weighted by Gasteiger charge is -2.23. The molecule has 0 heterocycles. The highest BCUT2D eigenvalue weighted by molar-refractivity contribution is 7.89. The Morgan fingerprint density at radius 1 is 1.33 bits per heavy atom. The lowest BCUT2D eigenvalue weighted by atomic mass is 10.2. The van der Waals surface area contributed by atoms with Gasteiger partial charge >= 0.3 is 6.18 Å². The average molecular weight is 345 g/mol. The minimum absolute atomic E-state index is 0.111. The van der Waals surface area contributed by atoms with E-state index in [1.165, 1.54) is 12.1 Å². The van der Waals surface area contributed by atoms with Crippen molar-refractivity contribution < 1.29 is 21.6 Å². The van der Waals surface area contributed by atoms with E-state index in [0.29, 0.717) is 9.87 Å². The fraction of sp³-hybridized carbons (Fsp3) is 0.500. The Hall–Kier alpha value is -0.830. The van der Waals surface area contributed by atoms with E-state index in [2.05, 4.69) is 0 Å². The summed E-state index contributed by atoms with van der Waals surface area (Å²) >= 11 is 5.87. The first-order valence-electron chi connectivity index (χ1n) is 6.17. The number of halogens is 4. The molecule has 0 amide bonds. The average Bonchev–Trinajstić information content (AvgIpc) is 2.36. The van der Waals surface area contributed by atoms with Gasteiger partial charge in [-0.2, -0.15) is 17.5 Å². The summed E-state index contributed by atoms with van der Waals surface area (Å²) in [4.78, 5) is -0.276. The zero-order valence-electron chi connectivity index (χ0n) is 11.3. The second kappa shape index (κ2) is 6.95. The standard InChI is InChI=1S/C12H16ClF3N2O2S/c1-2-5-18(8-12(14,15)16)21(19,20)10-4-3-9(7-17)11(13)6-10/h3-4,6H,2,5,7-8,17H2,1H3. The van der Waals surface area contributed by atoms with E-state index >= 15 is 0 Å². The van der Waals surface area contributed by atoms with Gasteiger partial charge in [0, 0.05) is 18.1 Å². The summed E-state index contributed by atoms with van der Waals surface area (Å²) in [5.74, 6) is 0. The molecule has 0 fully saturated rings. The minimum atomic E-state index is -4.61. The van der Waals surface area contributed by atoms with Crippen LogP contribution in [0.2, 0.25) is 5.02 Å². The molecule has 0 bridgehead atoms. The number of nitrogens with zero attached hydrogens (tertiary/aromatic N) is 1. The molecule has 4 nitrogen and oxygen atoms in total. The first-order valence-corrected chi connectivity index (χ1v) is 7.99. The van der Waals surface area contributed by atoms with Gasteiger partial charge in [-0.15, -0.1) is 0 Å². The Bertz CT molecular complexity index is 591. The molecule has 0 atom stereocenters. The number of rotatable bonds is 6. The third kappa shape index (κ3) is 4.84. The lowest BCUT2D eigenvalue weighted by Crippen LogP contribution is -2.39. The van der Waals surface area contributed by atoms with Gasteiger partial charge in [-0.25, -0.2) is 8.42 Å². The summed E-state index contributed by atoms with van der Waals surface area (Å²) in [6.45, 7) is -0.0404. The summed E-state index contributed by atoms with van der Waals surface area (Å²) in [6.07, 6.45) is -4.34. The molecule has 9 heteroatoms. The van der Waals surface area contributed by atoms with Crippen molar-refractivity contribution in [3.8, 4) is 0 Å². The van der Waals surface area contributed by atoms with Crippen LogP contribution >= 0.6 is 11.6 Å². The van der Waals surface area contributed by atoms with Gasteiger partial charge in [0.1, 0.15) is 6.54 Å². The van der Waals surface area contributed by atoms with E-state index < -0.39 is 22.7 Å². The Kier molecular flexibility index (Phi) is 6.03. The predicted molar refractivity (Wildman–Crippen MR) is 74.4 cm³/mol. The van der Waals surface area contributed by atoms with Crippen LogP contribution in [0.1, 0.15) is 18.9 Å². The highest BCUT2D eigenvalue weighted by Gasteiger charge is 2.36. The third-order valence-corrected chi connectivity index (χ3v) is 4.90. The zero-order valence-corrected chi connectivity index (χ0v) is 12.9. The van der Waals surface area contributed by atoms with Gasteiger partial charge in [-0.05, 0) is 24.1 Å². The van der Waals surface area contributed by atoms with Crippen LogP contribution in [0, 0.1) is 0 Å². The van der Waals surface area contributed by atoms with E-state index in [1.807, 2.05) is 0 Å². The van der Waals surface area contributed by atoms with E-state index in [9.17, 15) is 21.6 Å². The molecule has 120 valence electrons. The fourth-order valence-corrected chi connectivity index (χ4v) is 3.60. The number of hydrogen-bond donors (Lipinski definition) is 1. The monoisotopic (exact) mass is 344 g/mol. The van der Waals surface area contributed by atoms with Crippen LogP contribution in [0.4, 0.5) is 13.2 Å². The highest BCUT2D eigenvalue weighted by Crippen LogP contribution is 2.26. The molecule has 0 spiro atoms. The second-order valence-corrected chi connectivity index (χ2v) is 6.76. The van der Waals surface area contributed by atoms with Crippen LogP contribution in [0.25, 0.3) is 0 Å². The topological polar surface area (TPSA) is 63.4 Å². The number of nitrogens with two attached hydrogens (primary N) is 1. The van der Waals surface area contributed by atoms with Gasteiger partial charge in [0.15, 0.2) is 0 Å². The number of hydrogen-bond acceptors (Lipinski definition) is 3. The molecule has 0 aliphatic heterocycles. The molecule has 2 N–H and O–H groups in total. The molecule has 0 saturated heterocycles. The van der Waals surface area contributed by atoms with Crippen LogP contribution in [-0.2, 0) is 16.6 Å². The molecule has 0 aliphatic carbocycles. The van der Waals surface area contributed by atoms with Crippen molar-refractivity contribution in [2.75, 3.05) is 13.1 Å². The van der Waals surface area contributed by atoms with Gasteiger partial charge in [0.05, 0.1) is 4.90 Å². The number of alkyl halides is 3. The van der Waals surface area contributed by atoms with Crippen molar-refractivity contribution in [2.24, 2.45) is 5.73 Å². The normalized spacial score (nSPS) is 12.9. The van der Waals surface area contributed by atoms with Crippen LogP contribution < -0.4 is 5.73 Å². The quantitative estimate of drug-likeness (QED) is 0.863. The fourth-order valence-electron chi connectivity index (χ4n) is 1.74. The van der Waals surface area contributed by atoms with Crippen molar-refractivity contribution in [3.05, 3.63) is 28.8 Å². The Morgan fingerprint density at radius 2 is 1.95 bits per heavy atom. The molecule has 1 aromatic rings. The summed E-state index contributed by atoms with van der Waals surface area (Å²) < 4.78 is 62.6. The third-order valence-electron chi connectivity index (χ3n) is 2.71. The molecule has 21 heavy (non-hydrogen) atoms. The predicted octanol–water partition coefficient (Wildman–Crippen LogP) is 2.76. The van der Waals surface area contributed by atoms with Crippen LogP contribution in [0.15, 0.2) is 23.1 Å². The summed E-state index contributed by atoms with van der Waals surface area (Å²) in [7, 11) is -4.26. The van der Waals surface area contributed by atoms with Crippen LogP contribution in [0.3, 0.4) is 0 Å². The van der Waals surface area contributed by atoms with Gasteiger partial charge in [-0.1, -0.05) is 24.6 Å². The van der Waals surface area contributed by atoms with Gasteiger partial charge < -0.3 is 5.73 Å². The van der Waals surface area contributed by atoms with Crippen molar-refractivity contribution in [1.82, 2.24) is 4.31 Å². The smallest absolute Gasteiger partial charge is 0.326 e.